The molecule has 36 heavy (non-hydrogen) atoms. The first-order valence-corrected chi connectivity index (χ1v) is 13.4. The summed E-state index contributed by atoms with van der Waals surface area (Å²) in [7, 11) is 0. The van der Waals surface area contributed by atoms with Gasteiger partial charge in [0, 0.05) is 12.6 Å². The second-order valence-corrected chi connectivity index (χ2v) is 11.3. The summed E-state index contributed by atoms with van der Waals surface area (Å²) in [5, 5.41) is 5.81. The van der Waals surface area contributed by atoms with Gasteiger partial charge in [0.05, 0.1) is 0 Å². The van der Waals surface area contributed by atoms with E-state index in [4.69, 9.17) is 4.74 Å². The Kier molecular flexibility index (Phi) is 12.4. The Bertz CT molecular complexity index is 854. The lowest BCUT2D eigenvalue weighted by Crippen LogP contribution is -2.55. The van der Waals surface area contributed by atoms with Gasteiger partial charge in [0.2, 0.25) is 11.8 Å². The normalized spacial score (nSPS) is 13.3. The third kappa shape index (κ3) is 9.82. The van der Waals surface area contributed by atoms with Gasteiger partial charge >= 0.3 is 6.09 Å². The maximum atomic E-state index is 14.2. The molecule has 1 aromatic rings. The van der Waals surface area contributed by atoms with Crippen LogP contribution in [0.1, 0.15) is 104 Å². The molecule has 2 atom stereocenters. The molecular formula is C29H49N3O4. The third-order valence-corrected chi connectivity index (χ3v) is 5.95. The highest BCUT2D eigenvalue weighted by atomic mass is 16.6. The van der Waals surface area contributed by atoms with E-state index in [0.717, 1.165) is 42.4 Å². The average Bonchev–Trinajstić information content (AvgIpc) is 2.73. The molecule has 7 heteroatoms. The lowest BCUT2D eigenvalue weighted by molar-refractivity contribution is -0.143. The predicted molar refractivity (Wildman–Crippen MR) is 146 cm³/mol. The van der Waals surface area contributed by atoms with Crippen LogP contribution in [0.4, 0.5) is 4.79 Å². The van der Waals surface area contributed by atoms with Crippen LogP contribution >= 0.6 is 0 Å². The first kappa shape index (κ1) is 31.5. The van der Waals surface area contributed by atoms with Crippen LogP contribution in [0.2, 0.25) is 0 Å². The Balaban J connectivity index is 3.55. The number of alkyl carbamates (subject to hydrolysis) is 1. The highest BCUT2D eigenvalue weighted by Crippen LogP contribution is 2.30. The molecule has 0 aliphatic rings. The van der Waals surface area contributed by atoms with Crippen LogP contribution in [0.25, 0.3) is 0 Å². The van der Waals surface area contributed by atoms with Crippen molar-refractivity contribution in [3.05, 3.63) is 34.9 Å². The minimum atomic E-state index is -0.829. The first-order valence-electron chi connectivity index (χ1n) is 13.4. The van der Waals surface area contributed by atoms with Gasteiger partial charge < -0.3 is 20.3 Å². The first-order chi connectivity index (χ1) is 16.7. The highest BCUT2D eigenvalue weighted by molar-refractivity contribution is 5.92. The van der Waals surface area contributed by atoms with Crippen molar-refractivity contribution in [3.63, 3.8) is 0 Å². The van der Waals surface area contributed by atoms with E-state index in [0.29, 0.717) is 6.54 Å². The fourth-order valence-corrected chi connectivity index (χ4v) is 4.25. The molecule has 0 saturated heterocycles. The van der Waals surface area contributed by atoms with Crippen molar-refractivity contribution in [3.8, 4) is 0 Å². The number of amides is 3. The lowest BCUT2D eigenvalue weighted by Gasteiger charge is -2.37. The maximum Gasteiger partial charge on any atom is 0.408 e. The van der Waals surface area contributed by atoms with E-state index >= 15 is 0 Å². The average molecular weight is 504 g/mol. The molecule has 7 nitrogen and oxygen atoms in total. The summed E-state index contributed by atoms with van der Waals surface area (Å²) in [6.07, 6.45) is 3.20. The van der Waals surface area contributed by atoms with E-state index in [1.54, 1.807) is 25.7 Å². The Morgan fingerprint density at radius 3 is 2.00 bits per heavy atom. The van der Waals surface area contributed by atoms with Crippen LogP contribution in [0.15, 0.2) is 18.2 Å². The molecule has 0 saturated carbocycles. The van der Waals surface area contributed by atoms with E-state index < -0.39 is 23.8 Å². The number of ether oxygens (including phenoxy) is 1. The van der Waals surface area contributed by atoms with Crippen LogP contribution in [0.5, 0.6) is 0 Å². The molecule has 0 aliphatic carbocycles. The molecule has 2 unspecified atom stereocenters. The molecule has 0 spiro atoms. The largest absolute Gasteiger partial charge is 0.444 e. The number of nitrogens with one attached hydrogen (secondary N) is 2. The van der Waals surface area contributed by atoms with Gasteiger partial charge in [-0.25, -0.2) is 4.79 Å². The Morgan fingerprint density at radius 1 is 0.944 bits per heavy atom. The molecular weight excluding hydrogens is 454 g/mol. The second kappa shape index (κ2) is 14.2. The number of rotatable bonds is 12. The smallest absolute Gasteiger partial charge is 0.408 e. The molecule has 2 N–H and O–H groups in total. The van der Waals surface area contributed by atoms with Gasteiger partial charge in [0.25, 0.3) is 0 Å². The molecule has 204 valence electrons. The molecule has 1 rings (SSSR count). The predicted octanol–water partition coefficient (Wildman–Crippen LogP) is 5.83. The number of hydrogen-bond acceptors (Lipinski definition) is 4. The lowest BCUT2D eigenvalue weighted by atomic mass is 9.92. The number of carbonyl (C=O) groups excluding carboxylic acids is 3. The standard InChI is InChI=1S/C29H49N3O4/c1-11-12-13-14-18-32(27(34)24(19(2)3)31-28(35)36-29(8,9)10)25(26(33)30-20(4)5)23-21(6)16-15-17-22(23)7/h15-17,19-20,24-25H,11-14,18H2,1-10H3,(H,30,33)(H,31,35). The molecule has 1 aromatic carbocycles. The molecule has 3 amide bonds. The number of carbonyl (C=O) groups is 3. The van der Waals surface area contributed by atoms with E-state index in [1.165, 1.54) is 0 Å². The molecule has 0 heterocycles. The second-order valence-electron chi connectivity index (χ2n) is 11.3. The topological polar surface area (TPSA) is 87.7 Å². The van der Waals surface area contributed by atoms with Gasteiger partial charge in [0.1, 0.15) is 17.7 Å². The van der Waals surface area contributed by atoms with Crippen molar-refractivity contribution in [2.75, 3.05) is 6.54 Å². The summed E-state index contributed by atoms with van der Waals surface area (Å²) in [6, 6.07) is 4.18. The summed E-state index contributed by atoms with van der Waals surface area (Å²) in [5.74, 6) is -0.695. The van der Waals surface area contributed by atoms with Crippen molar-refractivity contribution in [1.82, 2.24) is 15.5 Å². The SMILES string of the molecule is CCCCCCN(C(=O)C(NC(=O)OC(C)(C)C)C(C)C)C(C(=O)NC(C)C)c1c(C)cccc1C. The van der Waals surface area contributed by atoms with Gasteiger partial charge in [-0.1, -0.05) is 58.2 Å². The van der Waals surface area contributed by atoms with Gasteiger partial charge in [-0.15, -0.1) is 0 Å². The number of nitrogens with zero attached hydrogens (tertiary/aromatic N) is 1. The van der Waals surface area contributed by atoms with Crippen LogP contribution in [-0.2, 0) is 14.3 Å². The quantitative estimate of drug-likeness (QED) is 0.352. The number of benzene rings is 1. The monoisotopic (exact) mass is 503 g/mol. The molecule has 0 bridgehead atoms. The van der Waals surface area contributed by atoms with Crippen LogP contribution in [-0.4, -0.2) is 47.0 Å². The third-order valence-electron chi connectivity index (χ3n) is 5.95. The number of aryl methyl sites for hydroxylation is 2. The maximum absolute atomic E-state index is 14.2. The number of hydrogen-bond donors (Lipinski definition) is 2. The van der Waals surface area contributed by atoms with E-state index in [-0.39, 0.29) is 23.8 Å². The van der Waals surface area contributed by atoms with Crippen molar-refractivity contribution in [2.45, 2.75) is 119 Å². The zero-order valence-corrected chi connectivity index (χ0v) is 24.2. The highest BCUT2D eigenvalue weighted by Gasteiger charge is 2.38. The Morgan fingerprint density at radius 2 is 1.53 bits per heavy atom. The minimum Gasteiger partial charge on any atom is -0.444 e. The van der Waals surface area contributed by atoms with Gasteiger partial charge in [-0.3, -0.25) is 9.59 Å². The van der Waals surface area contributed by atoms with Gasteiger partial charge in [-0.2, -0.15) is 0 Å². The van der Waals surface area contributed by atoms with E-state index in [1.807, 2.05) is 59.7 Å². The van der Waals surface area contributed by atoms with Crippen molar-refractivity contribution in [2.24, 2.45) is 5.92 Å². The van der Waals surface area contributed by atoms with Crippen LogP contribution in [0, 0.1) is 19.8 Å². The molecule has 0 radical (unpaired) electrons. The summed E-state index contributed by atoms with van der Waals surface area (Å²) < 4.78 is 5.44. The van der Waals surface area contributed by atoms with Gasteiger partial charge in [0.15, 0.2) is 0 Å². The zero-order chi connectivity index (χ0) is 27.6. The van der Waals surface area contributed by atoms with E-state index in [9.17, 15) is 14.4 Å². The fraction of sp³-hybridized carbons (Fsp3) is 0.690. The fourth-order valence-electron chi connectivity index (χ4n) is 4.25. The molecule has 0 fully saturated rings. The Labute approximate surface area is 218 Å². The van der Waals surface area contributed by atoms with Crippen molar-refractivity contribution in [1.29, 1.82) is 0 Å². The van der Waals surface area contributed by atoms with Gasteiger partial charge in [-0.05, 0) is 77.5 Å². The molecule has 0 aromatic heterocycles. The zero-order valence-electron chi connectivity index (χ0n) is 24.2. The summed E-state index contributed by atoms with van der Waals surface area (Å²) >= 11 is 0. The summed E-state index contributed by atoms with van der Waals surface area (Å²) in [4.78, 5) is 42.1. The summed E-state index contributed by atoms with van der Waals surface area (Å²) in [5.41, 5.74) is 2.05. The van der Waals surface area contributed by atoms with Crippen molar-refractivity contribution < 1.29 is 19.1 Å². The van der Waals surface area contributed by atoms with Crippen molar-refractivity contribution >= 4 is 17.9 Å². The summed E-state index contributed by atoms with van der Waals surface area (Å²) in [6.45, 7) is 19.4. The van der Waals surface area contributed by atoms with E-state index in [2.05, 4.69) is 17.6 Å². The molecule has 0 aliphatic heterocycles. The Hall–Kier alpha value is -2.57. The van der Waals surface area contributed by atoms with Crippen LogP contribution in [0.3, 0.4) is 0 Å². The number of unbranched alkanes of at least 4 members (excludes halogenated alkanes) is 3. The van der Waals surface area contributed by atoms with Crippen LogP contribution < -0.4 is 10.6 Å². The minimum absolute atomic E-state index is 0.0813.